The molecule has 17 heavy (non-hydrogen) atoms. The molecular formula is C13H27N3S. The molecule has 1 heterocycles. The molecule has 2 atom stereocenters. The van der Waals surface area contributed by atoms with Crippen LogP contribution in [0.1, 0.15) is 40.0 Å². The number of rotatable bonds is 7. The summed E-state index contributed by atoms with van der Waals surface area (Å²) in [4.78, 5) is 5.79. The zero-order valence-electron chi connectivity index (χ0n) is 11.5. The largest absolute Gasteiger partial charge is 0.393 e. The summed E-state index contributed by atoms with van der Waals surface area (Å²) in [7, 11) is 0. The lowest BCUT2D eigenvalue weighted by molar-refractivity contribution is 0.187. The minimum Gasteiger partial charge on any atom is -0.393 e. The minimum absolute atomic E-state index is 0.549. The van der Waals surface area contributed by atoms with Crippen LogP contribution in [0.15, 0.2) is 0 Å². The quantitative estimate of drug-likeness (QED) is 0.706. The second kappa shape index (κ2) is 7.29. The zero-order valence-corrected chi connectivity index (χ0v) is 12.3. The molecule has 0 spiro atoms. The predicted octanol–water partition coefficient (Wildman–Crippen LogP) is 1.86. The third-order valence-electron chi connectivity index (χ3n) is 3.95. The summed E-state index contributed by atoms with van der Waals surface area (Å²) in [5.41, 5.74) is 5.68. The molecule has 0 saturated carbocycles. The Kier molecular flexibility index (Phi) is 6.38. The van der Waals surface area contributed by atoms with E-state index in [-0.39, 0.29) is 0 Å². The van der Waals surface area contributed by atoms with Crippen molar-refractivity contribution >= 4 is 17.2 Å². The molecule has 0 aromatic heterocycles. The van der Waals surface area contributed by atoms with Gasteiger partial charge in [-0.05, 0) is 25.9 Å². The Morgan fingerprint density at radius 2 is 2.06 bits per heavy atom. The molecule has 2 unspecified atom stereocenters. The maximum absolute atomic E-state index is 5.68. The average Bonchev–Trinajstić information content (AvgIpc) is 2.76. The Morgan fingerprint density at radius 3 is 2.53 bits per heavy atom. The van der Waals surface area contributed by atoms with E-state index in [9.17, 15) is 0 Å². The number of thiocarbonyl (C=S) groups is 1. The van der Waals surface area contributed by atoms with Gasteiger partial charge in [0, 0.05) is 31.6 Å². The molecule has 0 aromatic carbocycles. The molecule has 1 aliphatic heterocycles. The molecule has 0 amide bonds. The second-order valence-corrected chi connectivity index (χ2v) is 5.42. The summed E-state index contributed by atoms with van der Waals surface area (Å²) in [6.07, 6.45) is 3.30. The van der Waals surface area contributed by atoms with Gasteiger partial charge in [0.2, 0.25) is 0 Å². The lowest BCUT2D eigenvalue weighted by Gasteiger charge is -2.29. The molecule has 1 saturated heterocycles. The van der Waals surface area contributed by atoms with Gasteiger partial charge in [-0.2, -0.15) is 0 Å². The highest BCUT2D eigenvalue weighted by Gasteiger charge is 2.29. The minimum atomic E-state index is 0.549. The maximum atomic E-state index is 5.68. The van der Waals surface area contributed by atoms with Gasteiger partial charge in [-0.25, -0.2) is 0 Å². The van der Waals surface area contributed by atoms with Gasteiger partial charge in [0.25, 0.3) is 0 Å². The van der Waals surface area contributed by atoms with Crippen LogP contribution in [-0.2, 0) is 0 Å². The van der Waals surface area contributed by atoms with Gasteiger partial charge in [-0.3, -0.25) is 9.80 Å². The van der Waals surface area contributed by atoms with Gasteiger partial charge in [0.15, 0.2) is 0 Å². The van der Waals surface area contributed by atoms with Crippen molar-refractivity contribution in [1.29, 1.82) is 0 Å². The van der Waals surface area contributed by atoms with Crippen molar-refractivity contribution in [3.63, 3.8) is 0 Å². The van der Waals surface area contributed by atoms with Crippen molar-refractivity contribution in [1.82, 2.24) is 9.80 Å². The molecule has 1 rings (SSSR count). The van der Waals surface area contributed by atoms with Gasteiger partial charge in [0.05, 0.1) is 4.99 Å². The molecule has 2 N–H and O–H groups in total. The summed E-state index contributed by atoms with van der Waals surface area (Å²) in [6, 6.07) is 1.28. The Labute approximate surface area is 111 Å². The van der Waals surface area contributed by atoms with Crippen LogP contribution < -0.4 is 5.73 Å². The van der Waals surface area contributed by atoms with Crippen LogP contribution in [-0.4, -0.2) is 53.1 Å². The van der Waals surface area contributed by atoms with Gasteiger partial charge in [-0.15, -0.1) is 0 Å². The normalized spacial score (nSPS) is 23.2. The van der Waals surface area contributed by atoms with Crippen molar-refractivity contribution < 1.29 is 0 Å². The Bertz CT molecular complexity index is 241. The van der Waals surface area contributed by atoms with Gasteiger partial charge in [0.1, 0.15) is 0 Å². The van der Waals surface area contributed by atoms with Crippen LogP contribution in [0.4, 0.5) is 0 Å². The predicted molar refractivity (Wildman–Crippen MR) is 78.4 cm³/mol. The van der Waals surface area contributed by atoms with Gasteiger partial charge >= 0.3 is 0 Å². The highest BCUT2D eigenvalue weighted by Crippen LogP contribution is 2.20. The topological polar surface area (TPSA) is 32.5 Å². The fraction of sp³-hybridized carbons (Fsp3) is 0.923. The summed E-state index contributed by atoms with van der Waals surface area (Å²) in [6.45, 7) is 11.4. The molecule has 0 aliphatic carbocycles. The fourth-order valence-corrected chi connectivity index (χ4v) is 3.09. The van der Waals surface area contributed by atoms with Crippen molar-refractivity contribution in [3.8, 4) is 0 Å². The number of hydrogen-bond donors (Lipinski definition) is 1. The standard InChI is InChI=1S/C13H27N3S/c1-4-11(9-13(14)17)16-8-7-12(10-16)15(5-2)6-3/h11-12H,4-10H2,1-3H3,(H2,14,17). The summed E-state index contributed by atoms with van der Waals surface area (Å²) >= 11 is 5.04. The van der Waals surface area contributed by atoms with Gasteiger partial charge < -0.3 is 5.73 Å². The Morgan fingerprint density at radius 1 is 1.41 bits per heavy atom. The van der Waals surface area contributed by atoms with E-state index in [1.807, 2.05) is 0 Å². The van der Waals surface area contributed by atoms with Crippen LogP contribution in [0.25, 0.3) is 0 Å². The van der Waals surface area contributed by atoms with Crippen LogP contribution in [0, 0.1) is 0 Å². The molecular weight excluding hydrogens is 230 g/mol. The molecule has 0 aromatic rings. The number of nitrogens with zero attached hydrogens (tertiary/aromatic N) is 2. The smallest absolute Gasteiger partial charge is 0.0743 e. The number of nitrogens with two attached hydrogens (primary N) is 1. The zero-order chi connectivity index (χ0) is 12.8. The second-order valence-electron chi connectivity index (χ2n) is 4.89. The Hall–Kier alpha value is -0.190. The Balaban J connectivity index is 2.50. The molecule has 1 aliphatic rings. The molecule has 3 nitrogen and oxygen atoms in total. The third kappa shape index (κ3) is 4.19. The summed E-state index contributed by atoms with van der Waals surface area (Å²) in [5, 5.41) is 0. The molecule has 0 bridgehead atoms. The molecule has 0 radical (unpaired) electrons. The van der Waals surface area contributed by atoms with Crippen molar-refractivity contribution in [2.75, 3.05) is 26.2 Å². The van der Waals surface area contributed by atoms with Crippen LogP contribution >= 0.6 is 12.2 Å². The SMILES string of the molecule is CCC(CC(N)=S)N1CCC(N(CC)CC)C1. The van der Waals surface area contributed by atoms with E-state index in [1.54, 1.807) is 0 Å². The number of hydrogen-bond acceptors (Lipinski definition) is 3. The molecule has 100 valence electrons. The highest BCUT2D eigenvalue weighted by molar-refractivity contribution is 7.80. The van der Waals surface area contributed by atoms with Crippen molar-refractivity contribution in [3.05, 3.63) is 0 Å². The number of likely N-dealkylation sites (tertiary alicyclic amines) is 1. The van der Waals surface area contributed by atoms with Crippen molar-refractivity contribution in [2.45, 2.75) is 52.1 Å². The van der Waals surface area contributed by atoms with Gasteiger partial charge in [-0.1, -0.05) is 33.0 Å². The number of likely N-dealkylation sites (N-methyl/N-ethyl adjacent to an activating group) is 1. The monoisotopic (exact) mass is 257 g/mol. The van der Waals surface area contributed by atoms with E-state index in [1.165, 1.54) is 19.5 Å². The first-order chi connectivity index (χ1) is 8.12. The summed E-state index contributed by atoms with van der Waals surface area (Å²) < 4.78 is 0. The van der Waals surface area contributed by atoms with E-state index in [2.05, 4.69) is 30.6 Å². The third-order valence-corrected chi connectivity index (χ3v) is 4.11. The molecule has 4 heteroatoms. The first kappa shape index (κ1) is 14.9. The molecule has 1 fully saturated rings. The lowest BCUT2D eigenvalue weighted by Crippen LogP contribution is -2.41. The van der Waals surface area contributed by atoms with Crippen LogP contribution in [0.2, 0.25) is 0 Å². The highest BCUT2D eigenvalue weighted by atomic mass is 32.1. The van der Waals surface area contributed by atoms with Crippen molar-refractivity contribution in [2.24, 2.45) is 5.73 Å². The summed E-state index contributed by atoms with van der Waals surface area (Å²) in [5.74, 6) is 0. The average molecular weight is 257 g/mol. The van der Waals surface area contributed by atoms with Crippen LogP contribution in [0.3, 0.4) is 0 Å². The van der Waals surface area contributed by atoms with E-state index in [0.717, 1.165) is 32.0 Å². The lowest BCUT2D eigenvalue weighted by atomic mass is 10.1. The van der Waals surface area contributed by atoms with E-state index in [0.29, 0.717) is 11.0 Å². The van der Waals surface area contributed by atoms with E-state index in [4.69, 9.17) is 18.0 Å². The first-order valence-electron chi connectivity index (χ1n) is 6.88. The first-order valence-corrected chi connectivity index (χ1v) is 7.29. The fourth-order valence-electron chi connectivity index (χ4n) is 2.90. The maximum Gasteiger partial charge on any atom is 0.0743 e. The van der Waals surface area contributed by atoms with E-state index < -0.39 is 0 Å². The van der Waals surface area contributed by atoms with Crippen LogP contribution in [0.5, 0.6) is 0 Å². The van der Waals surface area contributed by atoms with E-state index >= 15 is 0 Å².